The molecule has 0 saturated carbocycles. The Morgan fingerprint density at radius 3 is 2.52 bits per heavy atom. The zero-order valence-corrected chi connectivity index (χ0v) is 16.9. The number of anilines is 1. The number of aromatic nitrogens is 1. The van der Waals surface area contributed by atoms with Crippen LogP contribution in [0.3, 0.4) is 0 Å². The number of rotatable bonds is 3. The highest BCUT2D eigenvalue weighted by Gasteiger charge is 2.19. The maximum absolute atomic E-state index is 10.8. The van der Waals surface area contributed by atoms with Gasteiger partial charge in [-0.15, -0.1) is 11.3 Å². The van der Waals surface area contributed by atoms with Gasteiger partial charge in [-0.2, -0.15) is 0 Å². The lowest BCUT2D eigenvalue weighted by Gasteiger charge is -2.13. The Morgan fingerprint density at radius 2 is 1.81 bits per heavy atom. The molecule has 0 unspecified atom stereocenters. The molecule has 0 saturated heterocycles. The molecule has 4 nitrogen and oxygen atoms in total. The third-order valence-electron chi connectivity index (χ3n) is 4.58. The molecule has 0 aliphatic carbocycles. The number of hydrogen-bond acceptors (Lipinski definition) is 5. The summed E-state index contributed by atoms with van der Waals surface area (Å²) in [5, 5.41) is 10.8. The molecule has 2 heterocycles. The summed E-state index contributed by atoms with van der Waals surface area (Å²) in [6.45, 7) is 1.99. The molecule has 1 aliphatic rings. The Kier molecular flexibility index (Phi) is 4.45. The van der Waals surface area contributed by atoms with Gasteiger partial charge in [0.05, 0.1) is 16.3 Å². The minimum Gasteiger partial charge on any atom is -0.493 e. The molecule has 27 heavy (non-hydrogen) atoms. The minimum absolute atomic E-state index is 0.160. The van der Waals surface area contributed by atoms with Crippen LogP contribution in [-0.2, 0) is 0 Å². The molecule has 0 spiro atoms. The third-order valence-corrected chi connectivity index (χ3v) is 5.89. The van der Waals surface area contributed by atoms with Gasteiger partial charge in [0.1, 0.15) is 0 Å². The van der Waals surface area contributed by atoms with Crippen molar-refractivity contribution in [1.82, 2.24) is 4.57 Å². The van der Waals surface area contributed by atoms with E-state index >= 15 is 0 Å². The molecule has 3 aromatic rings. The molecule has 0 bridgehead atoms. The Morgan fingerprint density at radius 1 is 1.11 bits per heavy atom. The largest absolute Gasteiger partial charge is 0.493 e. The van der Waals surface area contributed by atoms with E-state index in [1.165, 1.54) is 11.3 Å². The Balaban J connectivity index is 1.78. The predicted octanol–water partition coefficient (Wildman–Crippen LogP) is 5.69. The van der Waals surface area contributed by atoms with E-state index in [0.29, 0.717) is 3.95 Å². The third kappa shape index (κ3) is 3.11. The molecule has 0 atom stereocenters. The number of para-hydroxylation sites is 1. The number of aliphatic imine (C=N–C) groups is 1. The number of fused-ring (bicyclic) bond motifs is 1. The zero-order valence-electron chi connectivity index (χ0n) is 15.3. The van der Waals surface area contributed by atoms with E-state index in [4.69, 9.17) is 12.2 Å². The van der Waals surface area contributed by atoms with Crippen molar-refractivity contribution in [1.29, 1.82) is 0 Å². The smallest absolute Gasteiger partial charge is 0.215 e. The first-order valence-electron chi connectivity index (χ1n) is 8.55. The first kappa shape index (κ1) is 17.7. The topological polar surface area (TPSA) is 40.8 Å². The summed E-state index contributed by atoms with van der Waals surface area (Å²) < 4.78 is 2.32. The van der Waals surface area contributed by atoms with Crippen LogP contribution in [-0.4, -0.2) is 29.5 Å². The number of nitrogens with zero attached hydrogens (tertiary/aromatic N) is 3. The highest BCUT2D eigenvalue weighted by molar-refractivity contribution is 7.73. The van der Waals surface area contributed by atoms with Gasteiger partial charge in [0.2, 0.25) is 5.88 Å². The standard InChI is InChI=1S/C21H19N3OS2/c1-13-17(16-6-4-5-7-18(16)22-13)12-19-20(25)24(21(26)27-19)15-10-8-14(9-11-15)23(2)3/h4-12,25H,1-3H3/b17-12-. The molecule has 6 heteroatoms. The molecule has 4 rings (SSSR count). The van der Waals surface area contributed by atoms with Crippen molar-refractivity contribution in [2.45, 2.75) is 6.92 Å². The molecule has 2 aromatic carbocycles. The van der Waals surface area contributed by atoms with Gasteiger partial charge < -0.3 is 10.0 Å². The van der Waals surface area contributed by atoms with E-state index in [-0.39, 0.29) is 5.88 Å². The Labute approximate surface area is 167 Å². The minimum atomic E-state index is 0.160. The fourth-order valence-electron chi connectivity index (χ4n) is 3.15. The van der Waals surface area contributed by atoms with Crippen molar-refractivity contribution in [3.05, 3.63) is 62.9 Å². The van der Waals surface area contributed by atoms with Gasteiger partial charge in [-0.05, 0) is 55.5 Å². The summed E-state index contributed by atoms with van der Waals surface area (Å²) in [6, 6.07) is 16.0. The highest BCUT2D eigenvalue weighted by Crippen LogP contribution is 2.39. The van der Waals surface area contributed by atoms with Crippen LogP contribution in [0, 0.1) is 3.95 Å². The molecule has 1 aromatic heterocycles. The van der Waals surface area contributed by atoms with Gasteiger partial charge in [-0.25, -0.2) is 0 Å². The fraction of sp³-hybridized carbons (Fsp3) is 0.143. The van der Waals surface area contributed by atoms with Crippen LogP contribution < -0.4 is 4.90 Å². The summed E-state index contributed by atoms with van der Waals surface area (Å²) in [7, 11) is 3.99. The van der Waals surface area contributed by atoms with Crippen molar-refractivity contribution in [2.75, 3.05) is 19.0 Å². The summed E-state index contributed by atoms with van der Waals surface area (Å²) in [5.74, 6) is 0.160. The number of hydrogen-bond donors (Lipinski definition) is 1. The van der Waals surface area contributed by atoms with Crippen molar-refractivity contribution in [2.24, 2.45) is 4.99 Å². The van der Waals surface area contributed by atoms with Crippen LogP contribution in [0.5, 0.6) is 5.88 Å². The lowest BCUT2D eigenvalue weighted by atomic mass is 10.0. The second-order valence-corrected chi connectivity index (χ2v) is 8.25. The van der Waals surface area contributed by atoms with E-state index < -0.39 is 0 Å². The van der Waals surface area contributed by atoms with Crippen LogP contribution in [0.2, 0.25) is 0 Å². The Bertz CT molecular complexity index is 1130. The molecular weight excluding hydrogens is 374 g/mol. The van der Waals surface area contributed by atoms with Crippen LogP contribution >= 0.6 is 23.6 Å². The molecule has 136 valence electrons. The van der Waals surface area contributed by atoms with Crippen LogP contribution in [0.15, 0.2) is 53.5 Å². The lowest BCUT2D eigenvalue weighted by molar-refractivity contribution is 0.441. The Hall–Kier alpha value is -2.70. The average molecular weight is 394 g/mol. The quantitative estimate of drug-likeness (QED) is 0.582. The number of allylic oxidation sites excluding steroid dienone is 1. The number of thiazole rings is 1. The van der Waals surface area contributed by atoms with Crippen molar-refractivity contribution in [3.8, 4) is 11.6 Å². The predicted molar refractivity (Wildman–Crippen MR) is 118 cm³/mol. The molecular formula is C21H19N3OS2. The monoisotopic (exact) mass is 393 g/mol. The van der Waals surface area contributed by atoms with Gasteiger partial charge in [0.25, 0.3) is 0 Å². The SMILES string of the molecule is CC1=Nc2ccccc2/C1=C\c1sc(=S)n(-c2ccc(N(C)C)cc2)c1O. The van der Waals surface area contributed by atoms with E-state index in [1.807, 2.05) is 74.5 Å². The molecule has 0 amide bonds. The van der Waals surface area contributed by atoms with Gasteiger partial charge in [0, 0.05) is 36.6 Å². The fourth-order valence-corrected chi connectivity index (χ4v) is 4.44. The zero-order chi connectivity index (χ0) is 19.1. The van der Waals surface area contributed by atoms with E-state index in [2.05, 4.69) is 11.1 Å². The van der Waals surface area contributed by atoms with Gasteiger partial charge >= 0.3 is 0 Å². The van der Waals surface area contributed by atoms with Crippen LogP contribution in [0.4, 0.5) is 11.4 Å². The second kappa shape index (κ2) is 6.79. The van der Waals surface area contributed by atoms with E-state index in [0.717, 1.165) is 38.8 Å². The first-order valence-corrected chi connectivity index (χ1v) is 9.77. The van der Waals surface area contributed by atoms with E-state index in [9.17, 15) is 5.11 Å². The summed E-state index contributed by atoms with van der Waals surface area (Å²) >= 11 is 6.92. The summed E-state index contributed by atoms with van der Waals surface area (Å²) in [5.41, 5.74) is 5.95. The van der Waals surface area contributed by atoms with Gasteiger partial charge in [0.15, 0.2) is 3.95 Å². The molecule has 1 aliphatic heterocycles. The highest BCUT2D eigenvalue weighted by atomic mass is 32.1. The average Bonchev–Trinajstić information content (AvgIpc) is 3.11. The van der Waals surface area contributed by atoms with Crippen LogP contribution in [0.1, 0.15) is 17.4 Å². The van der Waals surface area contributed by atoms with Crippen molar-refractivity contribution >= 4 is 52.3 Å². The van der Waals surface area contributed by atoms with Crippen LogP contribution in [0.25, 0.3) is 17.3 Å². The van der Waals surface area contributed by atoms with Gasteiger partial charge in [-0.1, -0.05) is 18.2 Å². The maximum atomic E-state index is 10.8. The summed E-state index contributed by atoms with van der Waals surface area (Å²) in [4.78, 5) is 7.37. The number of benzene rings is 2. The lowest BCUT2D eigenvalue weighted by Crippen LogP contribution is -2.08. The van der Waals surface area contributed by atoms with Gasteiger partial charge in [-0.3, -0.25) is 9.56 Å². The molecule has 1 N–H and O–H groups in total. The van der Waals surface area contributed by atoms with E-state index in [1.54, 1.807) is 4.57 Å². The molecule has 0 radical (unpaired) electrons. The molecule has 0 fully saturated rings. The summed E-state index contributed by atoms with van der Waals surface area (Å²) in [6.07, 6.45) is 1.98. The second-order valence-electron chi connectivity index (χ2n) is 6.57. The number of aromatic hydroxyl groups is 1. The first-order chi connectivity index (χ1) is 13.0. The maximum Gasteiger partial charge on any atom is 0.215 e. The van der Waals surface area contributed by atoms with Crippen molar-refractivity contribution < 1.29 is 5.11 Å². The normalized spacial score (nSPS) is 14.3. The van der Waals surface area contributed by atoms with Crippen molar-refractivity contribution in [3.63, 3.8) is 0 Å².